The van der Waals surface area contributed by atoms with Crippen LogP contribution < -0.4 is 4.74 Å². The van der Waals surface area contributed by atoms with Gasteiger partial charge in [-0.25, -0.2) is 13.2 Å². The highest BCUT2D eigenvalue weighted by Gasteiger charge is 2.32. The molecule has 2 aromatic rings. The summed E-state index contributed by atoms with van der Waals surface area (Å²) in [5.41, 5.74) is -0.0777. The van der Waals surface area contributed by atoms with Gasteiger partial charge in [0.2, 0.25) is 0 Å². The maximum Gasteiger partial charge on any atom is 0.175 e. The Morgan fingerprint density at radius 1 is 0.857 bits per heavy atom. The van der Waals surface area contributed by atoms with Crippen molar-refractivity contribution in [3.63, 3.8) is 0 Å². The molecule has 1 atom stereocenters. The molecule has 0 heterocycles. The van der Waals surface area contributed by atoms with Crippen LogP contribution in [0.5, 0.6) is 5.75 Å². The lowest BCUT2D eigenvalue weighted by molar-refractivity contribution is 0.0985. The molecule has 194 valence electrons. The van der Waals surface area contributed by atoms with Crippen molar-refractivity contribution in [1.29, 1.82) is 0 Å². The Labute approximate surface area is 208 Å². The van der Waals surface area contributed by atoms with Gasteiger partial charge < -0.3 is 9.84 Å². The normalized spacial score (nSPS) is 26.1. The predicted molar refractivity (Wildman–Crippen MR) is 135 cm³/mol. The zero-order valence-electron chi connectivity index (χ0n) is 21.3. The molecule has 2 aliphatic carbocycles. The fourth-order valence-corrected chi connectivity index (χ4v) is 6.67. The molecule has 2 aliphatic rings. The lowest BCUT2D eigenvalue weighted by Crippen LogP contribution is -2.26. The van der Waals surface area contributed by atoms with Crippen molar-refractivity contribution in [2.24, 2.45) is 23.7 Å². The van der Waals surface area contributed by atoms with Crippen LogP contribution in [0.1, 0.15) is 103 Å². The molecular formula is C30H41F3O2. The predicted octanol–water partition coefficient (Wildman–Crippen LogP) is 8.88. The fourth-order valence-electron chi connectivity index (χ4n) is 6.67. The Morgan fingerprint density at radius 2 is 1.49 bits per heavy atom. The van der Waals surface area contributed by atoms with Crippen LogP contribution in [0.2, 0.25) is 0 Å². The maximum atomic E-state index is 14.9. The summed E-state index contributed by atoms with van der Waals surface area (Å²) in [6, 6.07) is 4.33. The van der Waals surface area contributed by atoms with Crippen molar-refractivity contribution in [3.05, 3.63) is 41.2 Å². The zero-order valence-corrected chi connectivity index (χ0v) is 21.3. The van der Waals surface area contributed by atoms with Crippen LogP contribution in [0.4, 0.5) is 13.2 Å². The summed E-state index contributed by atoms with van der Waals surface area (Å²) in [7, 11) is 0. The molecule has 0 aromatic heterocycles. The Hall–Kier alpha value is -1.75. The number of hydrogen-bond donors (Lipinski definition) is 1. The third kappa shape index (κ3) is 5.98. The third-order valence-corrected chi connectivity index (χ3v) is 8.75. The first-order valence-electron chi connectivity index (χ1n) is 13.8. The van der Waals surface area contributed by atoms with Crippen LogP contribution in [0.25, 0.3) is 10.8 Å². The van der Waals surface area contributed by atoms with E-state index < -0.39 is 28.9 Å². The SMILES string of the molecule is CCCC[C@H]1CC[C@H](C2CCC(CC(O)c3cc4ccc(OCC)c(F)c4c(F)c3F)CC2)CC1. The van der Waals surface area contributed by atoms with E-state index in [9.17, 15) is 18.3 Å². The first-order valence-corrected chi connectivity index (χ1v) is 13.8. The summed E-state index contributed by atoms with van der Waals surface area (Å²) < 4.78 is 49.6. The molecule has 35 heavy (non-hydrogen) atoms. The number of fused-ring (bicyclic) bond motifs is 1. The summed E-state index contributed by atoms with van der Waals surface area (Å²) in [5, 5.41) is 10.6. The lowest BCUT2D eigenvalue weighted by atomic mass is 9.68. The first kappa shape index (κ1) is 26.3. The fraction of sp³-hybridized carbons (Fsp3) is 0.667. The van der Waals surface area contributed by atoms with Crippen LogP contribution in [-0.4, -0.2) is 11.7 Å². The summed E-state index contributed by atoms with van der Waals surface area (Å²) in [4.78, 5) is 0. The molecule has 5 heteroatoms. The van der Waals surface area contributed by atoms with E-state index in [2.05, 4.69) is 6.92 Å². The minimum absolute atomic E-state index is 0.0777. The van der Waals surface area contributed by atoms with Crippen molar-refractivity contribution < 1.29 is 23.0 Å². The summed E-state index contributed by atoms with van der Waals surface area (Å²) in [6.07, 6.45) is 13.2. The topological polar surface area (TPSA) is 29.5 Å². The minimum atomic E-state index is -1.26. The zero-order chi connectivity index (χ0) is 24.9. The minimum Gasteiger partial charge on any atom is -0.491 e. The van der Waals surface area contributed by atoms with Gasteiger partial charge in [-0.3, -0.25) is 0 Å². The number of benzene rings is 2. The van der Waals surface area contributed by atoms with Crippen molar-refractivity contribution in [3.8, 4) is 5.75 Å². The van der Waals surface area contributed by atoms with Crippen LogP contribution >= 0.6 is 0 Å². The number of aliphatic hydroxyl groups excluding tert-OH is 1. The van der Waals surface area contributed by atoms with E-state index >= 15 is 0 Å². The number of rotatable bonds is 9. The van der Waals surface area contributed by atoms with Gasteiger partial charge in [0.15, 0.2) is 23.2 Å². The molecule has 0 amide bonds. The quantitative estimate of drug-likeness (QED) is 0.380. The highest BCUT2D eigenvalue weighted by molar-refractivity contribution is 5.86. The molecule has 2 nitrogen and oxygen atoms in total. The molecule has 4 rings (SSSR count). The Morgan fingerprint density at radius 3 is 2.09 bits per heavy atom. The van der Waals surface area contributed by atoms with E-state index in [1.54, 1.807) is 6.92 Å². The lowest BCUT2D eigenvalue weighted by Gasteiger charge is -2.38. The first-order chi connectivity index (χ1) is 16.9. The molecule has 2 fully saturated rings. The van der Waals surface area contributed by atoms with E-state index in [-0.39, 0.29) is 23.3 Å². The van der Waals surface area contributed by atoms with Gasteiger partial charge in [-0.1, -0.05) is 57.9 Å². The smallest absolute Gasteiger partial charge is 0.175 e. The van der Waals surface area contributed by atoms with E-state index in [0.717, 1.165) is 30.6 Å². The van der Waals surface area contributed by atoms with Gasteiger partial charge in [0.1, 0.15) is 0 Å². The molecular weight excluding hydrogens is 449 g/mol. The van der Waals surface area contributed by atoms with E-state index in [0.29, 0.717) is 12.3 Å². The van der Waals surface area contributed by atoms with Crippen LogP contribution in [0.3, 0.4) is 0 Å². The van der Waals surface area contributed by atoms with Gasteiger partial charge in [0.25, 0.3) is 0 Å². The Kier molecular flexibility index (Phi) is 9.02. The number of halogens is 3. The average Bonchev–Trinajstić information content (AvgIpc) is 2.87. The van der Waals surface area contributed by atoms with Crippen molar-refractivity contribution >= 4 is 10.8 Å². The van der Waals surface area contributed by atoms with Crippen LogP contribution in [-0.2, 0) is 0 Å². The number of ether oxygens (including phenoxy) is 1. The second kappa shape index (κ2) is 12.0. The summed E-state index contributed by atoms with van der Waals surface area (Å²) >= 11 is 0. The monoisotopic (exact) mass is 490 g/mol. The van der Waals surface area contributed by atoms with Gasteiger partial charge >= 0.3 is 0 Å². The van der Waals surface area contributed by atoms with E-state index in [1.165, 1.54) is 76.0 Å². The molecule has 2 aromatic carbocycles. The van der Waals surface area contributed by atoms with E-state index in [4.69, 9.17) is 4.74 Å². The Bertz CT molecular complexity index is 975. The standard InChI is InChI=1S/C30H41F3O2/c1-3-5-6-19-7-11-21(12-8-19)22-13-9-20(10-14-22)17-25(34)24-18-23-15-16-26(35-4-2)29(32)27(23)30(33)28(24)31/h15-16,18-22,25,34H,3-14,17H2,1-2H3/t19-,20?,21-,22?,25?. The second-order valence-electron chi connectivity index (χ2n) is 11.0. The molecule has 0 spiro atoms. The highest BCUT2D eigenvalue weighted by Crippen LogP contribution is 2.44. The molecule has 1 unspecified atom stereocenters. The largest absolute Gasteiger partial charge is 0.491 e. The highest BCUT2D eigenvalue weighted by atomic mass is 19.2. The molecule has 2 saturated carbocycles. The van der Waals surface area contributed by atoms with Crippen LogP contribution in [0.15, 0.2) is 18.2 Å². The van der Waals surface area contributed by atoms with Gasteiger partial charge in [-0.05, 0) is 80.2 Å². The molecule has 0 radical (unpaired) electrons. The van der Waals surface area contributed by atoms with Crippen molar-refractivity contribution in [2.75, 3.05) is 6.61 Å². The number of unbranched alkanes of at least 4 members (excludes halogenated alkanes) is 1. The number of aliphatic hydroxyl groups is 1. The summed E-state index contributed by atoms with van der Waals surface area (Å²) in [6.45, 7) is 4.20. The van der Waals surface area contributed by atoms with E-state index in [1.807, 2.05) is 0 Å². The number of hydrogen-bond acceptors (Lipinski definition) is 2. The average molecular weight is 491 g/mol. The van der Waals surface area contributed by atoms with Gasteiger partial charge in [0.05, 0.1) is 18.1 Å². The maximum absolute atomic E-state index is 14.9. The van der Waals surface area contributed by atoms with Crippen LogP contribution in [0, 0.1) is 41.1 Å². The van der Waals surface area contributed by atoms with Gasteiger partial charge in [-0.15, -0.1) is 0 Å². The van der Waals surface area contributed by atoms with Gasteiger partial charge in [0, 0.05) is 5.56 Å². The second-order valence-corrected chi connectivity index (χ2v) is 11.0. The Balaban J connectivity index is 1.35. The third-order valence-electron chi connectivity index (χ3n) is 8.75. The van der Waals surface area contributed by atoms with Crippen molar-refractivity contribution in [2.45, 2.75) is 97.0 Å². The van der Waals surface area contributed by atoms with Crippen molar-refractivity contribution in [1.82, 2.24) is 0 Å². The molecule has 1 N–H and O–H groups in total. The van der Waals surface area contributed by atoms with Gasteiger partial charge in [-0.2, -0.15) is 0 Å². The molecule has 0 aliphatic heterocycles. The molecule has 0 bridgehead atoms. The molecule has 0 saturated heterocycles. The summed E-state index contributed by atoms with van der Waals surface area (Å²) in [5.74, 6) is -0.584.